The van der Waals surface area contributed by atoms with E-state index in [-0.39, 0.29) is 24.1 Å². The predicted octanol–water partition coefficient (Wildman–Crippen LogP) is 3.35. The molecule has 1 aliphatic rings. The fraction of sp³-hybridized carbons (Fsp3) is 0.464. The first-order valence-electron chi connectivity index (χ1n) is 13.2. The first-order valence-corrected chi connectivity index (χ1v) is 15.0. The van der Waals surface area contributed by atoms with Gasteiger partial charge in [0.05, 0.1) is 24.4 Å². The molecule has 2 aromatic rings. The van der Waals surface area contributed by atoms with Crippen LogP contribution in [0.2, 0.25) is 0 Å². The summed E-state index contributed by atoms with van der Waals surface area (Å²) in [5, 5.41) is 5.54. The van der Waals surface area contributed by atoms with Crippen LogP contribution in [0, 0.1) is 5.92 Å². The molecule has 212 valence electrons. The van der Waals surface area contributed by atoms with Gasteiger partial charge in [-0.1, -0.05) is 49.6 Å². The fourth-order valence-electron chi connectivity index (χ4n) is 4.80. The van der Waals surface area contributed by atoms with E-state index in [0.29, 0.717) is 35.0 Å². The summed E-state index contributed by atoms with van der Waals surface area (Å²) in [6.45, 7) is 3.62. The summed E-state index contributed by atoms with van der Waals surface area (Å²) < 4.78 is 17.2. The maximum absolute atomic E-state index is 13.1. The highest BCUT2D eigenvalue weighted by atomic mass is 31.2. The van der Waals surface area contributed by atoms with Crippen LogP contribution < -0.4 is 21.1 Å². The Kier molecular flexibility index (Phi) is 10.7. The van der Waals surface area contributed by atoms with Crippen molar-refractivity contribution in [1.82, 2.24) is 10.6 Å². The van der Waals surface area contributed by atoms with Crippen molar-refractivity contribution < 1.29 is 33.5 Å². The van der Waals surface area contributed by atoms with Crippen molar-refractivity contribution >= 4 is 25.3 Å². The topological polar surface area (TPSA) is 168 Å². The van der Waals surface area contributed by atoms with E-state index in [9.17, 15) is 18.9 Å². The van der Waals surface area contributed by atoms with E-state index in [1.54, 1.807) is 49.4 Å². The highest BCUT2D eigenvalue weighted by Crippen LogP contribution is 2.39. The number of carbonyl (C=O) groups is 3. The Balaban J connectivity index is 1.68. The molecule has 0 heterocycles. The molecule has 0 saturated heterocycles. The maximum Gasteiger partial charge on any atom is 0.329 e. The SMILES string of the molecule is CC(=O)N[C@@H](Cc1ccc(CP(=O)(O)O)cc1)C(=O)N[C@@H](C)c1ccc(OCC2CCCCC2)c(C(N)=O)c1. The van der Waals surface area contributed by atoms with Crippen LogP contribution in [0.25, 0.3) is 0 Å². The second-order valence-electron chi connectivity index (χ2n) is 10.3. The van der Waals surface area contributed by atoms with E-state index in [0.717, 1.165) is 12.8 Å². The molecule has 0 bridgehead atoms. The Morgan fingerprint density at radius 3 is 2.26 bits per heavy atom. The third kappa shape index (κ3) is 9.80. The van der Waals surface area contributed by atoms with Crippen LogP contribution in [-0.4, -0.2) is 40.2 Å². The van der Waals surface area contributed by atoms with Gasteiger partial charge in [0.25, 0.3) is 5.91 Å². The van der Waals surface area contributed by atoms with Gasteiger partial charge >= 0.3 is 7.60 Å². The van der Waals surface area contributed by atoms with Crippen LogP contribution >= 0.6 is 7.60 Å². The third-order valence-electron chi connectivity index (χ3n) is 6.87. The molecule has 0 aromatic heterocycles. The van der Waals surface area contributed by atoms with E-state index >= 15 is 0 Å². The Morgan fingerprint density at radius 1 is 1.03 bits per heavy atom. The minimum absolute atomic E-state index is 0.175. The number of hydrogen-bond donors (Lipinski definition) is 5. The number of nitrogens with two attached hydrogens (primary N) is 1. The zero-order valence-corrected chi connectivity index (χ0v) is 23.3. The Bertz CT molecular complexity index is 1210. The quantitative estimate of drug-likeness (QED) is 0.249. The van der Waals surface area contributed by atoms with Gasteiger partial charge in [0, 0.05) is 13.3 Å². The smallest absolute Gasteiger partial charge is 0.329 e. The van der Waals surface area contributed by atoms with Gasteiger partial charge in [0.1, 0.15) is 11.8 Å². The number of hydrogen-bond acceptors (Lipinski definition) is 5. The lowest BCUT2D eigenvalue weighted by Gasteiger charge is -2.23. The zero-order chi connectivity index (χ0) is 28.6. The van der Waals surface area contributed by atoms with E-state index in [2.05, 4.69) is 10.6 Å². The molecule has 0 radical (unpaired) electrons. The van der Waals surface area contributed by atoms with E-state index in [1.807, 2.05) is 0 Å². The van der Waals surface area contributed by atoms with Crippen molar-refractivity contribution in [3.8, 4) is 5.75 Å². The molecule has 6 N–H and O–H groups in total. The van der Waals surface area contributed by atoms with Gasteiger partial charge in [-0.3, -0.25) is 18.9 Å². The van der Waals surface area contributed by atoms with Crippen molar-refractivity contribution in [2.75, 3.05) is 6.61 Å². The number of nitrogens with one attached hydrogen (secondary N) is 2. The van der Waals surface area contributed by atoms with Crippen LogP contribution in [-0.2, 0) is 26.7 Å². The van der Waals surface area contributed by atoms with E-state index in [1.165, 1.54) is 26.2 Å². The minimum Gasteiger partial charge on any atom is -0.492 e. The van der Waals surface area contributed by atoms with E-state index < -0.39 is 31.5 Å². The molecular formula is C28H38N3O7P. The molecule has 3 rings (SSSR count). The average Bonchev–Trinajstić information content (AvgIpc) is 2.87. The van der Waals surface area contributed by atoms with Gasteiger partial charge in [-0.2, -0.15) is 0 Å². The summed E-state index contributed by atoms with van der Waals surface area (Å²) in [7, 11) is -4.19. The molecule has 0 spiro atoms. The molecule has 3 amide bonds. The second kappa shape index (κ2) is 13.7. The molecule has 1 fully saturated rings. The zero-order valence-electron chi connectivity index (χ0n) is 22.4. The second-order valence-corrected chi connectivity index (χ2v) is 11.9. The largest absolute Gasteiger partial charge is 0.492 e. The Hall–Kier alpha value is -3.20. The number of rotatable bonds is 12. The molecular weight excluding hydrogens is 521 g/mol. The number of ether oxygens (including phenoxy) is 1. The lowest BCUT2D eigenvalue weighted by molar-refractivity contribution is -0.128. The fourth-order valence-corrected chi connectivity index (χ4v) is 5.49. The number of benzene rings is 2. The monoisotopic (exact) mass is 559 g/mol. The van der Waals surface area contributed by atoms with Crippen molar-refractivity contribution in [2.45, 2.75) is 70.6 Å². The summed E-state index contributed by atoms with van der Waals surface area (Å²) in [5.74, 6) is -0.530. The van der Waals surface area contributed by atoms with Crippen LogP contribution in [0.15, 0.2) is 42.5 Å². The molecule has 0 aliphatic heterocycles. The molecule has 0 unspecified atom stereocenters. The summed E-state index contributed by atoms with van der Waals surface area (Å²) in [4.78, 5) is 55.4. The Labute approximate surface area is 228 Å². The van der Waals surface area contributed by atoms with Gasteiger partial charge in [-0.25, -0.2) is 0 Å². The van der Waals surface area contributed by atoms with Crippen LogP contribution in [0.4, 0.5) is 0 Å². The molecule has 10 nitrogen and oxygen atoms in total. The molecule has 1 saturated carbocycles. The maximum atomic E-state index is 13.1. The standard InChI is InChI=1S/C28H38N3O7P/c1-18(23-12-13-26(24(15-23)27(29)33)38-16-21-6-4-3-5-7-21)30-28(34)25(31-19(2)32)14-20-8-10-22(11-9-20)17-39(35,36)37/h8-13,15,18,21,25H,3-7,14,16-17H2,1-2H3,(H2,29,33)(H,30,34)(H,31,32)(H2,35,36,37)/t18-,25-/m0/s1. The van der Waals surface area contributed by atoms with Gasteiger partial charge in [-0.05, 0) is 54.5 Å². The van der Waals surface area contributed by atoms with Crippen LogP contribution in [0.1, 0.15) is 79.0 Å². The van der Waals surface area contributed by atoms with Gasteiger partial charge < -0.3 is 30.9 Å². The Morgan fingerprint density at radius 2 is 1.67 bits per heavy atom. The highest BCUT2D eigenvalue weighted by Gasteiger charge is 2.24. The normalized spacial score (nSPS) is 15.7. The number of carbonyl (C=O) groups excluding carboxylic acids is 3. The first kappa shape index (κ1) is 30.3. The van der Waals surface area contributed by atoms with E-state index in [4.69, 9.17) is 20.3 Å². The van der Waals surface area contributed by atoms with Crippen LogP contribution in [0.3, 0.4) is 0 Å². The predicted molar refractivity (Wildman–Crippen MR) is 147 cm³/mol. The molecule has 2 aromatic carbocycles. The molecule has 11 heteroatoms. The van der Waals surface area contributed by atoms with Gasteiger partial charge in [0.2, 0.25) is 11.8 Å². The van der Waals surface area contributed by atoms with Crippen molar-refractivity contribution in [2.24, 2.45) is 11.7 Å². The summed E-state index contributed by atoms with van der Waals surface area (Å²) >= 11 is 0. The minimum atomic E-state index is -4.19. The van der Waals surface area contributed by atoms with Gasteiger partial charge in [-0.15, -0.1) is 0 Å². The summed E-state index contributed by atoms with van der Waals surface area (Å²) in [6.07, 6.45) is 5.64. The lowest BCUT2D eigenvalue weighted by Crippen LogP contribution is -2.48. The highest BCUT2D eigenvalue weighted by molar-refractivity contribution is 7.50. The average molecular weight is 560 g/mol. The summed E-state index contributed by atoms with van der Waals surface area (Å²) in [6, 6.07) is 10.2. The summed E-state index contributed by atoms with van der Waals surface area (Å²) in [5.41, 5.74) is 7.72. The molecule has 1 aliphatic carbocycles. The van der Waals surface area contributed by atoms with Crippen molar-refractivity contribution in [3.05, 3.63) is 64.7 Å². The number of primary amides is 1. The van der Waals surface area contributed by atoms with Crippen molar-refractivity contribution in [3.63, 3.8) is 0 Å². The first-order chi connectivity index (χ1) is 18.4. The molecule has 2 atom stereocenters. The molecule has 39 heavy (non-hydrogen) atoms. The third-order valence-corrected chi connectivity index (χ3v) is 7.65. The lowest BCUT2D eigenvalue weighted by atomic mass is 9.90. The van der Waals surface area contributed by atoms with Crippen molar-refractivity contribution in [1.29, 1.82) is 0 Å². The van der Waals surface area contributed by atoms with Crippen LogP contribution in [0.5, 0.6) is 5.75 Å². The number of amides is 3. The van der Waals surface area contributed by atoms with Gasteiger partial charge in [0.15, 0.2) is 0 Å².